The quantitative estimate of drug-likeness (QED) is 0.848. The highest BCUT2D eigenvalue weighted by Gasteiger charge is 2.35. The zero-order valence-electron chi connectivity index (χ0n) is 14.6. The minimum absolute atomic E-state index is 0.110. The maximum absolute atomic E-state index is 12.6. The Bertz CT molecular complexity index is 779. The Morgan fingerprint density at radius 1 is 1.19 bits per heavy atom. The van der Waals surface area contributed by atoms with Crippen molar-refractivity contribution in [2.45, 2.75) is 25.4 Å². The first-order valence-electron chi connectivity index (χ1n) is 8.65. The van der Waals surface area contributed by atoms with E-state index in [9.17, 15) is 9.59 Å². The molecule has 26 heavy (non-hydrogen) atoms. The summed E-state index contributed by atoms with van der Waals surface area (Å²) in [5.41, 5.74) is 7.89. The van der Waals surface area contributed by atoms with E-state index in [1.54, 1.807) is 36.1 Å². The smallest absolute Gasteiger partial charge is 0.249 e. The summed E-state index contributed by atoms with van der Waals surface area (Å²) in [6.45, 7) is 2.34. The number of halogens is 1. The largest absolute Gasteiger partial charge is 0.344 e. The number of hydrogen-bond acceptors (Lipinski definition) is 3. The van der Waals surface area contributed by atoms with E-state index >= 15 is 0 Å². The van der Waals surface area contributed by atoms with Crippen LogP contribution in [0.4, 0.5) is 5.69 Å². The normalized spacial score (nSPS) is 19.3. The summed E-state index contributed by atoms with van der Waals surface area (Å²) >= 11 is 5.89. The fourth-order valence-corrected chi connectivity index (χ4v) is 3.25. The fourth-order valence-electron chi connectivity index (χ4n) is 3.12. The van der Waals surface area contributed by atoms with Gasteiger partial charge in [-0.05, 0) is 36.2 Å². The maximum Gasteiger partial charge on any atom is 0.249 e. The van der Waals surface area contributed by atoms with E-state index in [0.29, 0.717) is 18.0 Å². The third kappa shape index (κ3) is 3.89. The van der Waals surface area contributed by atoms with Crippen LogP contribution in [0.15, 0.2) is 54.6 Å². The van der Waals surface area contributed by atoms with Crippen molar-refractivity contribution in [1.29, 1.82) is 0 Å². The lowest BCUT2D eigenvalue weighted by atomic mass is 9.94. The van der Waals surface area contributed by atoms with Gasteiger partial charge in [-0.2, -0.15) is 0 Å². The Morgan fingerprint density at radius 2 is 1.85 bits per heavy atom. The Hall–Kier alpha value is -2.37. The lowest BCUT2D eigenvalue weighted by Crippen LogP contribution is -2.45. The lowest BCUT2D eigenvalue weighted by Gasteiger charge is -2.22. The van der Waals surface area contributed by atoms with E-state index in [4.69, 9.17) is 17.3 Å². The van der Waals surface area contributed by atoms with Gasteiger partial charge in [0.15, 0.2) is 0 Å². The van der Waals surface area contributed by atoms with E-state index in [1.165, 1.54) is 0 Å². The summed E-state index contributed by atoms with van der Waals surface area (Å²) in [4.78, 5) is 26.9. The molecule has 6 heteroatoms. The molecular weight excluding hydrogens is 350 g/mol. The van der Waals surface area contributed by atoms with E-state index in [-0.39, 0.29) is 11.8 Å². The van der Waals surface area contributed by atoms with Gasteiger partial charge < -0.3 is 16.0 Å². The van der Waals surface area contributed by atoms with E-state index < -0.39 is 18.0 Å². The van der Waals surface area contributed by atoms with Gasteiger partial charge in [-0.15, -0.1) is 0 Å². The molecule has 1 heterocycles. The molecule has 0 bridgehead atoms. The minimum Gasteiger partial charge on any atom is -0.344 e. The zero-order valence-corrected chi connectivity index (χ0v) is 15.3. The fraction of sp³-hybridized carbons (Fsp3) is 0.300. The van der Waals surface area contributed by atoms with Gasteiger partial charge in [0.2, 0.25) is 11.8 Å². The minimum atomic E-state index is -0.524. The maximum atomic E-state index is 12.6. The highest BCUT2D eigenvalue weighted by molar-refractivity contribution is 6.30. The molecule has 0 radical (unpaired) electrons. The molecule has 3 unspecified atom stereocenters. The van der Waals surface area contributed by atoms with Gasteiger partial charge >= 0.3 is 0 Å². The number of rotatable bonds is 5. The van der Waals surface area contributed by atoms with Crippen molar-refractivity contribution < 1.29 is 9.59 Å². The molecule has 136 valence electrons. The zero-order chi connectivity index (χ0) is 18.7. The topological polar surface area (TPSA) is 75.4 Å². The Morgan fingerprint density at radius 3 is 2.50 bits per heavy atom. The van der Waals surface area contributed by atoms with Crippen LogP contribution < -0.4 is 16.0 Å². The van der Waals surface area contributed by atoms with Gasteiger partial charge in [-0.3, -0.25) is 9.59 Å². The number of nitrogens with zero attached hydrogens (tertiary/aromatic N) is 1. The van der Waals surface area contributed by atoms with Gasteiger partial charge in [0.25, 0.3) is 0 Å². The van der Waals surface area contributed by atoms with E-state index in [0.717, 1.165) is 11.3 Å². The van der Waals surface area contributed by atoms with Crippen LogP contribution in [0.3, 0.4) is 0 Å². The van der Waals surface area contributed by atoms with Crippen LogP contribution >= 0.6 is 11.6 Å². The summed E-state index contributed by atoms with van der Waals surface area (Å²) in [6.07, 6.45) is 0.570. The third-order valence-electron chi connectivity index (χ3n) is 4.80. The first-order chi connectivity index (χ1) is 12.5. The Balaban J connectivity index is 1.63. The predicted molar refractivity (Wildman–Crippen MR) is 103 cm³/mol. The number of anilines is 1. The number of nitrogens with one attached hydrogen (secondary N) is 1. The molecule has 1 aliphatic heterocycles. The van der Waals surface area contributed by atoms with Crippen molar-refractivity contribution in [3.05, 3.63) is 65.2 Å². The molecule has 0 saturated carbocycles. The summed E-state index contributed by atoms with van der Waals surface area (Å²) in [5, 5.41) is 3.47. The molecule has 0 aromatic heterocycles. The summed E-state index contributed by atoms with van der Waals surface area (Å²) in [7, 11) is 0. The molecule has 0 spiro atoms. The number of hydrogen-bond donors (Lipinski definition) is 2. The van der Waals surface area contributed by atoms with E-state index in [1.807, 2.05) is 30.3 Å². The van der Waals surface area contributed by atoms with Crippen LogP contribution in [0, 0.1) is 5.92 Å². The lowest BCUT2D eigenvalue weighted by molar-refractivity contribution is -0.129. The van der Waals surface area contributed by atoms with Crippen molar-refractivity contribution in [2.75, 3.05) is 11.4 Å². The number of amides is 2. The summed E-state index contributed by atoms with van der Waals surface area (Å²) in [5.74, 6) is -0.756. The first kappa shape index (κ1) is 18.4. The van der Waals surface area contributed by atoms with Crippen LogP contribution in [-0.4, -0.2) is 24.4 Å². The standard InChI is InChI=1S/C20H22ClN3O2/c1-13(18(22)14-5-3-2-4-6-14)19(25)23-17-11-12-24(20(17)26)16-9-7-15(21)8-10-16/h2-10,13,17-18H,11-12,22H2,1H3,(H,23,25). The molecular formula is C20H22ClN3O2. The average molecular weight is 372 g/mol. The number of nitrogens with two attached hydrogens (primary N) is 1. The van der Waals surface area contributed by atoms with Crippen LogP contribution in [-0.2, 0) is 9.59 Å². The van der Waals surface area contributed by atoms with E-state index in [2.05, 4.69) is 5.32 Å². The first-order valence-corrected chi connectivity index (χ1v) is 9.03. The molecule has 1 aliphatic rings. The van der Waals surface area contributed by atoms with Crippen molar-refractivity contribution in [3.8, 4) is 0 Å². The van der Waals surface area contributed by atoms with Gasteiger partial charge in [0.1, 0.15) is 6.04 Å². The molecule has 2 aromatic rings. The van der Waals surface area contributed by atoms with Gasteiger partial charge in [-0.25, -0.2) is 0 Å². The molecule has 3 rings (SSSR count). The molecule has 1 saturated heterocycles. The monoisotopic (exact) mass is 371 g/mol. The highest BCUT2D eigenvalue weighted by atomic mass is 35.5. The second-order valence-corrected chi connectivity index (χ2v) is 6.98. The van der Waals surface area contributed by atoms with Gasteiger partial charge in [0, 0.05) is 23.3 Å². The van der Waals surface area contributed by atoms with Crippen LogP contribution in [0.2, 0.25) is 5.02 Å². The SMILES string of the molecule is CC(C(=O)NC1CCN(c2ccc(Cl)cc2)C1=O)C(N)c1ccccc1. The summed E-state index contributed by atoms with van der Waals surface area (Å²) < 4.78 is 0. The average Bonchev–Trinajstić information content (AvgIpc) is 3.02. The Kier molecular flexibility index (Phi) is 5.59. The second-order valence-electron chi connectivity index (χ2n) is 6.54. The van der Waals surface area contributed by atoms with Crippen LogP contribution in [0.1, 0.15) is 24.9 Å². The van der Waals surface area contributed by atoms with Gasteiger partial charge in [-0.1, -0.05) is 48.9 Å². The molecule has 2 aromatic carbocycles. The van der Waals surface area contributed by atoms with Crippen molar-refractivity contribution in [3.63, 3.8) is 0 Å². The molecule has 1 fully saturated rings. The van der Waals surface area contributed by atoms with Crippen molar-refractivity contribution in [2.24, 2.45) is 11.7 Å². The molecule has 3 N–H and O–H groups in total. The van der Waals surface area contributed by atoms with Crippen LogP contribution in [0.5, 0.6) is 0 Å². The molecule has 5 nitrogen and oxygen atoms in total. The highest BCUT2D eigenvalue weighted by Crippen LogP contribution is 2.24. The number of carbonyl (C=O) groups excluding carboxylic acids is 2. The summed E-state index contributed by atoms with van der Waals surface area (Å²) in [6, 6.07) is 15.7. The molecule has 3 atom stereocenters. The van der Waals surface area contributed by atoms with Crippen molar-refractivity contribution in [1.82, 2.24) is 5.32 Å². The molecule has 2 amide bonds. The van der Waals surface area contributed by atoms with Crippen molar-refractivity contribution >= 4 is 29.1 Å². The third-order valence-corrected chi connectivity index (χ3v) is 5.05. The second kappa shape index (κ2) is 7.89. The number of benzene rings is 2. The predicted octanol–water partition coefficient (Wildman–Crippen LogP) is 2.90. The number of carbonyl (C=O) groups is 2. The Labute approximate surface area is 158 Å². The van der Waals surface area contributed by atoms with Gasteiger partial charge in [0.05, 0.1) is 5.92 Å². The van der Waals surface area contributed by atoms with Crippen LogP contribution in [0.25, 0.3) is 0 Å². The molecule has 0 aliphatic carbocycles.